The third-order valence-corrected chi connectivity index (χ3v) is 6.17. The summed E-state index contributed by atoms with van der Waals surface area (Å²) in [7, 11) is -3.08. The minimum absolute atomic E-state index is 0.145. The second-order valence-electron chi connectivity index (χ2n) is 6.62. The van der Waals surface area contributed by atoms with Crippen molar-refractivity contribution in [2.45, 2.75) is 46.3 Å². The van der Waals surface area contributed by atoms with Gasteiger partial charge in [-0.15, -0.1) is 0 Å². The number of unbranched alkanes of at least 4 members (excludes halogenated alkanes) is 1. The fraction of sp³-hybridized carbons (Fsp3) is 0.667. The number of hydrogen-bond acceptors (Lipinski definition) is 4. The van der Waals surface area contributed by atoms with Crippen molar-refractivity contribution in [2.75, 3.05) is 31.9 Å². The third kappa shape index (κ3) is 5.46. The average Bonchev–Trinajstić information content (AvgIpc) is 2.55. The standard InChI is InChI=1S/C18H30N2O3S/c1-4-5-14-24(21,22)20-12-10-19(11-13-20)15-17-8-6-7-9-18(17)23-16(2)3/h6-9,16H,4-5,10-15H2,1-3H3. The first-order valence-electron chi connectivity index (χ1n) is 8.87. The number of rotatable bonds is 8. The van der Waals surface area contributed by atoms with Gasteiger partial charge in [0.05, 0.1) is 11.9 Å². The van der Waals surface area contributed by atoms with Crippen LogP contribution >= 0.6 is 0 Å². The van der Waals surface area contributed by atoms with Gasteiger partial charge in [-0.25, -0.2) is 8.42 Å². The van der Waals surface area contributed by atoms with E-state index in [-0.39, 0.29) is 11.9 Å². The Labute approximate surface area is 146 Å². The van der Waals surface area contributed by atoms with Gasteiger partial charge in [0.15, 0.2) is 0 Å². The lowest BCUT2D eigenvalue weighted by atomic mass is 10.1. The molecule has 136 valence electrons. The molecule has 1 fully saturated rings. The fourth-order valence-electron chi connectivity index (χ4n) is 2.87. The van der Waals surface area contributed by atoms with Crippen LogP contribution in [0.3, 0.4) is 0 Å². The van der Waals surface area contributed by atoms with Crippen molar-refractivity contribution in [1.29, 1.82) is 0 Å². The largest absolute Gasteiger partial charge is 0.491 e. The van der Waals surface area contributed by atoms with Gasteiger partial charge in [-0.05, 0) is 26.3 Å². The summed E-state index contributed by atoms with van der Waals surface area (Å²) in [6, 6.07) is 8.09. The van der Waals surface area contributed by atoms with Crippen LogP contribution in [0, 0.1) is 0 Å². The molecule has 0 N–H and O–H groups in total. The molecule has 0 amide bonds. The molecule has 1 aliphatic rings. The Morgan fingerprint density at radius 1 is 1.12 bits per heavy atom. The van der Waals surface area contributed by atoms with Gasteiger partial charge in [0, 0.05) is 38.3 Å². The van der Waals surface area contributed by atoms with E-state index in [4.69, 9.17) is 4.74 Å². The lowest BCUT2D eigenvalue weighted by molar-refractivity contribution is 0.176. The molecule has 0 aromatic heterocycles. The summed E-state index contributed by atoms with van der Waals surface area (Å²) in [5, 5.41) is 0. The van der Waals surface area contributed by atoms with E-state index >= 15 is 0 Å². The molecule has 0 aliphatic carbocycles. The fourth-order valence-corrected chi connectivity index (χ4v) is 4.50. The summed E-state index contributed by atoms with van der Waals surface area (Å²) < 4.78 is 32.1. The van der Waals surface area contributed by atoms with Crippen LogP contribution in [0.4, 0.5) is 0 Å². The molecular formula is C18H30N2O3S. The molecule has 24 heavy (non-hydrogen) atoms. The van der Waals surface area contributed by atoms with Crippen LogP contribution in [0.2, 0.25) is 0 Å². The van der Waals surface area contributed by atoms with E-state index in [1.807, 2.05) is 39.0 Å². The van der Waals surface area contributed by atoms with Gasteiger partial charge < -0.3 is 4.74 Å². The molecule has 1 aromatic rings. The zero-order chi connectivity index (χ0) is 17.6. The highest BCUT2D eigenvalue weighted by Crippen LogP contribution is 2.22. The first-order valence-corrected chi connectivity index (χ1v) is 10.5. The number of piperazine rings is 1. The van der Waals surface area contributed by atoms with E-state index < -0.39 is 10.0 Å². The molecular weight excluding hydrogens is 324 g/mol. The van der Waals surface area contributed by atoms with Crippen LogP contribution in [-0.4, -0.2) is 55.7 Å². The number of sulfonamides is 1. The smallest absolute Gasteiger partial charge is 0.214 e. The summed E-state index contributed by atoms with van der Waals surface area (Å²) in [5.74, 6) is 1.19. The predicted molar refractivity (Wildman–Crippen MR) is 97.8 cm³/mol. The predicted octanol–water partition coefficient (Wildman–Crippen LogP) is 2.72. The number of para-hydroxylation sites is 1. The molecule has 1 saturated heterocycles. The Morgan fingerprint density at radius 2 is 1.79 bits per heavy atom. The molecule has 0 saturated carbocycles. The van der Waals surface area contributed by atoms with Crippen molar-refractivity contribution in [3.05, 3.63) is 29.8 Å². The van der Waals surface area contributed by atoms with Crippen molar-refractivity contribution in [1.82, 2.24) is 9.21 Å². The van der Waals surface area contributed by atoms with Gasteiger partial charge in [-0.2, -0.15) is 4.31 Å². The maximum absolute atomic E-state index is 12.3. The van der Waals surface area contributed by atoms with Gasteiger partial charge in [0.25, 0.3) is 0 Å². The Morgan fingerprint density at radius 3 is 2.42 bits per heavy atom. The normalized spacial score (nSPS) is 17.3. The Hall–Kier alpha value is -1.11. The van der Waals surface area contributed by atoms with Crippen molar-refractivity contribution in [3.63, 3.8) is 0 Å². The second-order valence-corrected chi connectivity index (χ2v) is 8.71. The Kier molecular flexibility index (Phi) is 7.07. The van der Waals surface area contributed by atoms with Crippen molar-refractivity contribution in [3.8, 4) is 5.75 Å². The number of nitrogens with zero attached hydrogens (tertiary/aromatic N) is 2. The van der Waals surface area contributed by atoms with Crippen molar-refractivity contribution in [2.24, 2.45) is 0 Å². The van der Waals surface area contributed by atoms with E-state index in [9.17, 15) is 8.42 Å². The first kappa shape index (κ1) is 19.2. The molecule has 0 bridgehead atoms. The minimum atomic E-state index is -3.08. The molecule has 1 heterocycles. The Bertz CT molecular complexity index is 608. The molecule has 0 atom stereocenters. The summed E-state index contributed by atoms with van der Waals surface area (Å²) >= 11 is 0. The summed E-state index contributed by atoms with van der Waals surface area (Å²) in [5.41, 5.74) is 1.16. The van der Waals surface area contributed by atoms with Crippen LogP contribution in [0.25, 0.3) is 0 Å². The van der Waals surface area contributed by atoms with Gasteiger partial charge in [0.2, 0.25) is 10.0 Å². The average molecular weight is 355 g/mol. The summed E-state index contributed by atoms with van der Waals surface area (Å²) in [4.78, 5) is 2.30. The topological polar surface area (TPSA) is 49.9 Å². The maximum Gasteiger partial charge on any atom is 0.214 e. The highest BCUT2D eigenvalue weighted by molar-refractivity contribution is 7.89. The van der Waals surface area contributed by atoms with Crippen LogP contribution in [0.5, 0.6) is 5.75 Å². The van der Waals surface area contributed by atoms with Crippen LogP contribution in [-0.2, 0) is 16.6 Å². The SMILES string of the molecule is CCCCS(=O)(=O)N1CCN(Cc2ccccc2OC(C)C)CC1. The van der Waals surface area contributed by atoms with Crippen LogP contribution < -0.4 is 4.74 Å². The maximum atomic E-state index is 12.3. The van der Waals surface area contributed by atoms with E-state index in [0.717, 1.165) is 43.8 Å². The second kappa shape index (κ2) is 8.83. The molecule has 2 rings (SSSR count). The highest BCUT2D eigenvalue weighted by atomic mass is 32.2. The quantitative estimate of drug-likeness (QED) is 0.720. The molecule has 5 nitrogen and oxygen atoms in total. The zero-order valence-corrected chi connectivity index (χ0v) is 15.9. The number of hydrogen-bond donors (Lipinski definition) is 0. The van der Waals surface area contributed by atoms with E-state index in [0.29, 0.717) is 13.1 Å². The van der Waals surface area contributed by atoms with E-state index in [1.165, 1.54) is 0 Å². The van der Waals surface area contributed by atoms with Gasteiger partial charge in [0.1, 0.15) is 5.75 Å². The van der Waals surface area contributed by atoms with Gasteiger partial charge in [-0.1, -0.05) is 31.5 Å². The third-order valence-electron chi connectivity index (χ3n) is 4.21. The number of ether oxygens (including phenoxy) is 1. The molecule has 1 aliphatic heterocycles. The van der Waals surface area contributed by atoms with Crippen molar-refractivity contribution >= 4 is 10.0 Å². The lowest BCUT2D eigenvalue weighted by Gasteiger charge is -2.34. The monoisotopic (exact) mass is 354 g/mol. The molecule has 0 radical (unpaired) electrons. The first-order chi connectivity index (χ1) is 11.4. The van der Waals surface area contributed by atoms with E-state index in [2.05, 4.69) is 11.0 Å². The van der Waals surface area contributed by atoms with Crippen LogP contribution in [0.15, 0.2) is 24.3 Å². The molecule has 0 unspecified atom stereocenters. The molecule has 6 heteroatoms. The minimum Gasteiger partial charge on any atom is -0.491 e. The zero-order valence-electron chi connectivity index (χ0n) is 15.1. The summed E-state index contributed by atoms with van der Waals surface area (Å²) in [6.07, 6.45) is 1.79. The highest BCUT2D eigenvalue weighted by Gasteiger charge is 2.26. The van der Waals surface area contributed by atoms with Crippen molar-refractivity contribution < 1.29 is 13.2 Å². The van der Waals surface area contributed by atoms with Gasteiger partial charge in [-0.3, -0.25) is 4.90 Å². The Balaban J connectivity index is 1.92. The molecule has 0 spiro atoms. The van der Waals surface area contributed by atoms with Gasteiger partial charge >= 0.3 is 0 Å². The van der Waals surface area contributed by atoms with E-state index in [1.54, 1.807) is 4.31 Å². The molecule has 1 aromatic carbocycles. The lowest BCUT2D eigenvalue weighted by Crippen LogP contribution is -2.48. The van der Waals surface area contributed by atoms with Crippen LogP contribution in [0.1, 0.15) is 39.2 Å². The number of benzene rings is 1. The summed E-state index contributed by atoms with van der Waals surface area (Å²) in [6.45, 7) is 9.56.